The molecule has 0 spiro atoms. The highest BCUT2D eigenvalue weighted by Gasteiger charge is 2.63. The molecule has 1 aromatic rings. The van der Waals surface area contributed by atoms with Gasteiger partial charge in [0.2, 0.25) is 0 Å². The summed E-state index contributed by atoms with van der Waals surface area (Å²) in [5.74, 6) is -5.30. The summed E-state index contributed by atoms with van der Waals surface area (Å²) in [5.41, 5.74) is -0.836. The van der Waals surface area contributed by atoms with Crippen LogP contribution in [-0.4, -0.2) is 29.6 Å². The number of carbonyl (C=O) groups is 1. The summed E-state index contributed by atoms with van der Waals surface area (Å²) < 4.78 is 49.8. The van der Waals surface area contributed by atoms with Gasteiger partial charge in [-0.3, -0.25) is 0 Å². The molecule has 0 radical (unpaired) electrons. The third kappa shape index (κ3) is 2.89. The number of hydrogen-bond acceptors (Lipinski definition) is 4. The first kappa shape index (κ1) is 17.3. The van der Waals surface area contributed by atoms with Gasteiger partial charge in [0.05, 0.1) is 11.1 Å². The van der Waals surface area contributed by atoms with Gasteiger partial charge in [0.1, 0.15) is 11.3 Å². The minimum absolute atomic E-state index is 0.140. The van der Waals surface area contributed by atoms with Gasteiger partial charge < -0.3 is 14.6 Å². The van der Waals surface area contributed by atoms with Crippen molar-refractivity contribution in [2.75, 3.05) is 6.61 Å². The number of ether oxygens (including phenoxy) is 2. The van der Waals surface area contributed by atoms with Crippen molar-refractivity contribution in [2.24, 2.45) is 0 Å². The monoisotopic (exact) mass is 444 g/mol. The number of rotatable bonds is 2. The van der Waals surface area contributed by atoms with Gasteiger partial charge in [-0.05, 0) is 41.1 Å². The van der Waals surface area contributed by atoms with E-state index in [4.69, 9.17) is 4.74 Å². The van der Waals surface area contributed by atoms with Crippen LogP contribution in [0.25, 0.3) is 6.08 Å². The van der Waals surface area contributed by atoms with E-state index in [1.807, 2.05) is 0 Å². The van der Waals surface area contributed by atoms with E-state index >= 15 is 0 Å². The van der Waals surface area contributed by atoms with E-state index in [1.165, 1.54) is 19.1 Å². The van der Waals surface area contributed by atoms with Crippen molar-refractivity contribution >= 4 is 43.9 Å². The fraction of sp³-hybridized carbons (Fsp3) is 0.308. The fourth-order valence-electron chi connectivity index (χ4n) is 1.87. The second-order valence-corrected chi connectivity index (χ2v) is 6.10. The highest BCUT2D eigenvalue weighted by molar-refractivity contribution is 9.11. The molecule has 0 saturated heterocycles. The normalized spacial score (nSPS) is 20.8. The zero-order valence-corrected chi connectivity index (χ0v) is 14.2. The molecule has 0 bridgehead atoms. The molecule has 120 valence electrons. The summed E-state index contributed by atoms with van der Waals surface area (Å²) in [4.78, 5) is 11.8. The number of aliphatic hydroxyl groups is 1. The van der Waals surface area contributed by atoms with Crippen LogP contribution in [0.4, 0.5) is 13.2 Å². The number of esters is 1. The maximum Gasteiger partial charge on any atom is 0.460 e. The van der Waals surface area contributed by atoms with Crippen LogP contribution in [0.3, 0.4) is 0 Å². The quantitative estimate of drug-likeness (QED) is 0.703. The molecule has 2 rings (SSSR count). The molecule has 1 N–H and O–H groups in total. The van der Waals surface area contributed by atoms with E-state index in [-0.39, 0.29) is 22.4 Å². The van der Waals surface area contributed by atoms with E-state index in [0.29, 0.717) is 4.47 Å². The number of halogens is 5. The maximum atomic E-state index is 13.2. The summed E-state index contributed by atoms with van der Waals surface area (Å²) in [6, 6.07) is 2.91. The second kappa shape index (κ2) is 5.86. The van der Waals surface area contributed by atoms with Gasteiger partial charge in [-0.1, -0.05) is 15.9 Å². The minimum atomic E-state index is -5.23. The van der Waals surface area contributed by atoms with E-state index in [1.54, 1.807) is 0 Å². The van der Waals surface area contributed by atoms with Crippen LogP contribution in [0.5, 0.6) is 5.75 Å². The smallest absolute Gasteiger partial charge is 0.460 e. The molecule has 1 aliphatic rings. The largest absolute Gasteiger partial charge is 0.462 e. The maximum absolute atomic E-state index is 13.2. The Kier molecular flexibility index (Phi) is 4.61. The molecular weight excluding hydrogens is 437 g/mol. The molecule has 0 fully saturated rings. The van der Waals surface area contributed by atoms with Gasteiger partial charge in [0.15, 0.2) is 0 Å². The predicted octanol–water partition coefficient (Wildman–Crippen LogP) is 3.80. The Balaban J connectivity index is 2.66. The third-order valence-corrected chi connectivity index (χ3v) is 3.88. The Morgan fingerprint density at radius 1 is 1.41 bits per heavy atom. The summed E-state index contributed by atoms with van der Waals surface area (Å²) in [6.07, 6.45) is -4.32. The molecule has 0 saturated carbocycles. The standard InChI is InChI=1S/C13H9Br2F3O4/c1-2-21-11(19)8-4-6-3-7(14)5-9(15)10(6)22-12(8,20)13(16,17)18/h3-5,20H,2H2,1H3. The average Bonchev–Trinajstić information content (AvgIpc) is 2.38. The number of fused-ring (bicyclic) bond motifs is 1. The van der Waals surface area contributed by atoms with Crippen molar-refractivity contribution in [3.8, 4) is 5.75 Å². The Bertz CT molecular complexity index is 657. The van der Waals surface area contributed by atoms with Crippen LogP contribution in [0.2, 0.25) is 0 Å². The van der Waals surface area contributed by atoms with Crippen LogP contribution < -0.4 is 4.74 Å². The summed E-state index contributed by atoms with van der Waals surface area (Å²) in [5, 5.41) is 9.96. The lowest BCUT2D eigenvalue weighted by atomic mass is 9.98. The SMILES string of the molecule is CCOC(=O)C1=Cc2cc(Br)cc(Br)c2OC1(O)C(F)(F)F. The van der Waals surface area contributed by atoms with Crippen LogP contribution >= 0.6 is 31.9 Å². The first-order valence-electron chi connectivity index (χ1n) is 5.96. The van der Waals surface area contributed by atoms with Gasteiger partial charge in [-0.15, -0.1) is 0 Å². The van der Waals surface area contributed by atoms with Crippen LogP contribution in [0, 0.1) is 0 Å². The topological polar surface area (TPSA) is 55.8 Å². The van der Waals surface area contributed by atoms with Crippen LogP contribution in [-0.2, 0) is 9.53 Å². The van der Waals surface area contributed by atoms with E-state index < -0.39 is 23.5 Å². The Morgan fingerprint density at radius 2 is 2.05 bits per heavy atom. The molecule has 0 aromatic heterocycles. The summed E-state index contributed by atoms with van der Waals surface area (Å²) >= 11 is 6.24. The van der Waals surface area contributed by atoms with Crippen LogP contribution in [0.1, 0.15) is 12.5 Å². The van der Waals surface area contributed by atoms with Gasteiger partial charge in [0, 0.05) is 10.0 Å². The lowest BCUT2D eigenvalue weighted by Crippen LogP contribution is -2.55. The molecule has 1 unspecified atom stereocenters. The number of benzene rings is 1. The summed E-state index contributed by atoms with van der Waals surface area (Å²) in [7, 11) is 0. The number of hydrogen-bond donors (Lipinski definition) is 1. The summed E-state index contributed by atoms with van der Waals surface area (Å²) in [6.45, 7) is 1.30. The second-order valence-electron chi connectivity index (χ2n) is 4.33. The van der Waals surface area contributed by atoms with Crippen molar-refractivity contribution < 1.29 is 32.5 Å². The highest BCUT2D eigenvalue weighted by atomic mass is 79.9. The number of carbonyl (C=O) groups excluding carboxylic acids is 1. The van der Waals surface area contributed by atoms with Gasteiger partial charge >= 0.3 is 17.9 Å². The molecule has 0 amide bonds. The molecule has 9 heteroatoms. The Labute approximate surface area is 140 Å². The zero-order valence-electron chi connectivity index (χ0n) is 11.0. The van der Waals surface area contributed by atoms with Crippen molar-refractivity contribution in [3.63, 3.8) is 0 Å². The Hall–Kier alpha value is -1.06. The molecule has 1 aromatic carbocycles. The molecule has 22 heavy (non-hydrogen) atoms. The first-order chi connectivity index (χ1) is 10.1. The zero-order chi connectivity index (χ0) is 16.7. The molecule has 1 aliphatic heterocycles. The average molecular weight is 446 g/mol. The van der Waals surface area contributed by atoms with E-state index in [9.17, 15) is 23.1 Å². The third-order valence-electron chi connectivity index (χ3n) is 2.83. The lowest BCUT2D eigenvalue weighted by Gasteiger charge is -2.35. The van der Waals surface area contributed by atoms with E-state index in [2.05, 4.69) is 36.6 Å². The highest BCUT2D eigenvalue weighted by Crippen LogP contribution is 2.47. The van der Waals surface area contributed by atoms with E-state index in [0.717, 1.165) is 6.08 Å². The van der Waals surface area contributed by atoms with Gasteiger partial charge in [-0.2, -0.15) is 13.2 Å². The first-order valence-corrected chi connectivity index (χ1v) is 7.55. The van der Waals surface area contributed by atoms with Crippen LogP contribution in [0.15, 0.2) is 26.7 Å². The number of alkyl halides is 3. The predicted molar refractivity (Wildman–Crippen MR) is 78.1 cm³/mol. The minimum Gasteiger partial charge on any atom is -0.462 e. The molecule has 0 aliphatic carbocycles. The molecular formula is C13H9Br2F3O4. The fourth-order valence-corrected chi connectivity index (χ4v) is 3.21. The van der Waals surface area contributed by atoms with Crippen molar-refractivity contribution in [3.05, 3.63) is 32.2 Å². The molecule has 1 atom stereocenters. The van der Waals surface area contributed by atoms with Crippen molar-refractivity contribution in [2.45, 2.75) is 18.9 Å². The molecule has 1 heterocycles. The van der Waals surface area contributed by atoms with Gasteiger partial charge in [-0.25, -0.2) is 4.79 Å². The van der Waals surface area contributed by atoms with Gasteiger partial charge in [0.25, 0.3) is 0 Å². The lowest BCUT2D eigenvalue weighted by molar-refractivity contribution is -0.316. The Morgan fingerprint density at radius 3 is 2.59 bits per heavy atom. The van der Waals surface area contributed by atoms with Crippen molar-refractivity contribution in [1.29, 1.82) is 0 Å². The van der Waals surface area contributed by atoms with Crippen molar-refractivity contribution in [1.82, 2.24) is 0 Å². The molecule has 4 nitrogen and oxygen atoms in total.